The molecular formula is C6H13N2O2S. The summed E-state index contributed by atoms with van der Waals surface area (Å²) in [7, 11) is -0.0203. The fourth-order valence-corrected chi connectivity index (χ4v) is 2.32. The molecule has 1 radical (unpaired) electrons. The van der Waals surface area contributed by atoms with Crippen molar-refractivity contribution in [3.8, 4) is 0 Å². The van der Waals surface area contributed by atoms with Crippen LogP contribution in [-0.4, -0.2) is 38.7 Å². The van der Waals surface area contributed by atoms with Crippen molar-refractivity contribution in [3.05, 3.63) is 0 Å². The lowest BCUT2D eigenvalue weighted by Gasteiger charge is -2.15. The van der Waals surface area contributed by atoms with E-state index in [0.717, 1.165) is 6.42 Å². The van der Waals surface area contributed by atoms with Crippen molar-refractivity contribution in [1.29, 1.82) is 0 Å². The van der Waals surface area contributed by atoms with Crippen LogP contribution in [0.5, 0.6) is 0 Å². The van der Waals surface area contributed by atoms with E-state index >= 15 is 0 Å². The molecule has 1 aliphatic rings. The third kappa shape index (κ3) is 1.72. The second-order valence-electron chi connectivity index (χ2n) is 2.83. The highest BCUT2D eigenvalue weighted by molar-refractivity contribution is 7.89. The van der Waals surface area contributed by atoms with Gasteiger partial charge in [-0.05, 0) is 12.8 Å². The summed E-state index contributed by atoms with van der Waals surface area (Å²) in [5.74, 6) is 0. The summed E-state index contributed by atoms with van der Waals surface area (Å²) in [6, 6.07) is 0. The molecule has 0 aromatic carbocycles. The van der Waals surface area contributed by atoms with Gasteiger partial charge in [-0.15, -0.1) is 0 Å². The van der Waals surface area contributed by atoms with Gasteiger partial charge in [-0.3, -0.25) is 0 Å². The van der Waals surface area contributed by atoms with Gasteiger partial charge in [0.15, 0.2) is 0 Å². The van der Waals surface area contributed by atoms with Gasteiger partial charge >= 0.3 is 0 Å². The van der Waals surface area contributed by atoms with Gasteiger partial charge in [0, 0.05) is 20.6 Å². The van der Waals surface area contributed by atoms with Crippen LogP contribution in [0.3, 0.4) is 0 Å². The van der Waals surface area contributed by atoms with Crippen molar-refractivity contribution in [2.45, 2.75) is 18.2 Å². The van der Waals surface area contributed by atoms with Crippen LogP contribution in [0.1, 0.15) is 12.8 Å². The molecule has 1 unspecified atom stereocenters. The van der Waals surface area contributed by atoms with Gasteiger partial charge in [0.25, 0.3) is 0 Å². The summed E-state index contributed by atoms with van der Waals surface area (Å²) in [6.45, 7) is 0.692. The standard InChI is InChI=1S/C6H13N2O2S/c1-8(2)11(9,10)6-4-3-5-7-6/h6H,3-5H2,1-2H3. The van der Waals surface area contributed by atoms with Crippen molar-refractivity contribution >= 4 is 10.0 Å². The van der Waals surface area contributed by atoms with E-state index in [-0.39, 0.29) is 0 Å². The minimum Gasteiger partial charge on any atom is -0.221 e. The van der Waals surface area contributed by atoms with Crippen LogP contribution < -0.4 is 5.32 Å². The molecule has 0 bridgehead atoms. The smallest absolute Gasteiger partial charge is 0.221 e. The Labute approximate surface area is 67.6 Å². The molecule has 1 rings (SSSR count). The number of rotatable bonds is 2. The van der Waals surface area contributed by atoms with Crippen LogP contribution in [0, 0.1) is 0 Å². The van der Waals surface area contributed by atoms with Crippen LogP contribution in [0.25, 0.3) is 0 Å². The van der Waals surface area contributed by atoms with Gasteiger partial charge < -0.3 is 0 Å². The molecule has 0 spiro atoms. The summed E-state index contributed by atoms with van der Waals surface area (Å²) < 4.78 is 24.0. The SMILES string of the molecule is CN(C)S(=O)(=O)C1CCC[N]1. The number of hydrogen-bond donors (Lipinski definition) is 0. The van der Waals surface area contributed by atoms with Gasteiger partial charge in [0.05, 0.1) is 0 Å². The van der Waals surface area contributed by atoms with Crippen LogP contribution in [0.2, 0.25) is 0 Å². The highest BCUT2D eigenvalue weighted by atomic mass is 32.2. The first-order valence-electron chi connectivity index (χ1n) is 3.63. The van der Waals surface area contributed by atoms with Crippen molar-refractivity contribution in [2.75, 3.05) is 20.6 Å². The Bertz CT molecular complexity index is 217. The molecule has 1 aliphatic heterocycles. The number of hydrogen-bond acceptors (Lipinski definition) is 2. The zero-order valence-corrected chi connectivity index (χ0v) is 7.63. The first-order chi connectivity index (χ1) is 5.05. The van der Waals surface area contributed by atoms with Gasteiger partial charge in [0.2, 0.25) is 10.0 Å². The second-order valence-corrected chi connectivity index (χ2v) is 5.13. The molecule has 1 saturated heterocycles. The summed E-state index contributed by atoms with van der Waals surface area (Å²) in [4.78, 5) is 0. The summed E-state index contributed by atoms with van der Waals surface area (Å²) in [5, 5.41) is 3.52. The van der Waals surface area contributed by atoms with Crippen molar-refractivity contribution in [2.24, 2.45) is 0 Å². The summed E-state index contributed by atoms with van der Waals surface area (Å²) in [5.41, 5.74) is 0. The minimum atomic E-state index is -3.11. The molecule has 0 aliphatic carbocycles. The number of sulfonamides is 1. The second kappa shape index (κ2) is 3.08. The Morgan fingerprint density at radius 3 is 2.45 bits per heavy atom. The maximum absolute atomic E-state index is 11.4. The van der Waals surface area contributed by atoms with E-state index in [0.29, 0.717) is 13.0 Å². The molecule has 0 N–H and O–H groups in total. The first-order valence-corrected chi connectivity index (χ1v) is 5.13. The Hall–Kier alpha value is -0.130. The molecule has 11 heavy (non-hydrogen) atoms. The maximum Gasteiger partial charge on any atom is 0.231 e. The average molecular weight is 177 g/mol. The molecule has 0 saturated carbocycles. The maximum atomic E-state index is 11.4. The van der Waals surface area contributed by atoms with Gasteiger partial charge in [-0.2, -0.15) is 0 Å². The van der Waals surface area contributed by atoms with Crippen LogP contribution in [0.15, 0.2) is 0 Å². The average Bonchev–Trinajstić information content (AvgIpc) is 2.37. The highest BCUT2D eigenvalue weighted by Gasteiger charge is 2.30. The van der Waals surface area contributed by atoms with Gasteiger partial charge in [0.1, 0.15) is 5.37 Å². The Morgan fingerprint density at radius 2 is 2.09 bits per heavy atom. The van der Waals surface area contributed by atoms with Crippen molar-refractivity contribution in [1.82, 2.24) is 9.62 Å². The van der Waals surface area contributed by atoms with E-state index in [1.54, 1.807) is 14.1 Å². The first kappa shape index (κ1) is 8.96. The molecule has 0 amide bonds. The third-order valence-electron chi connectivity index (χ3n) is 1.79. The minimum absolute atomic E-state index is 0.475. The topological polar surface area (TPSA) is 51.5 Å². The molecule has 0 aromatic heterocycles. The quantitative estimate of drug-likeness (QED) is 0.576. The van der Waals surface area contributed by atoms with E-state index in [1.807, 2.05) is 0 Å². The fraction of sp³-hybridized carbons (Fsp3) is 1.00. The van der Waals surface area contributed by atoms with E-state index < -0.39 is 15.4 Å². The Morgan fingerprint density at radius 1 is 1.45 bits per heavy atom. The fourth-order valence-electron chi connectivity index (χ4n) is 1.08. The molecule has 65 valence electrons. The zero-order chi connectivity index (χ0) is 8.48. The van der Waals surface area contributed by atoms with Crippen molar-refractivity contribution < 1.29 is 8.42 Å². The number of nitrogens with zero attached hydrogens (tertiary/aromatic N) is 2. The highest BCUT2D eigenvalue weighted by Crippen LogP contribution is 2.15. The monoisotopic (exact) mass is 177 g/mol. The Kier molecular flexibility index (Phi) is 2.51. The van der Waals surface area contributed by atoms with Crippen LogP contribution >= 0.6 is 0 Å². The van der Waals surface area contributed by atoms with Gasteiger partial charge in [-0.1, -0.05) is 0 Å². The molecule has 5 heteroatoms. The lowest BCUT2D eigenvalue weighted by Crippen LogP contribution is -2.36. The molecule has 1 heterocycles. The lowest BCUT2D eigenvalue weighted by atomic mass is 10.4. The zero-order valence-electron chi connectivity index (χ0n) is 6.82. The summed E-state index contributed by atoms with van der Waals surface area (Å²) in [6.07, 6.45) is 1.58. The summed E-state index contributed by atoms with van der Waals surface area (Å²) >= 11 is 0. The predicted octanol–water partition coefficient (Wildman–Crippen LogP) is -0.398. The molecule has 4 nitrogen and oxygen atoms in total. The molecule has 0 aromatic rings. The molecule has 1 atom stereocenters. The van der Waals surface area contributed by atoms with E-state index in [9.17, 15) is 8.42 Å². The Balaban J connectivity index is 2.72. The van der Waals surface area contributed by atoms with Crippen LogP contribution in [-0.2, 0) is 10.0 Å². The van der Waals surface area contributed by atoms with E-state index in [4.69, 9.17) is 0 Å². The largest absolute Gasteiger partial charge is 0.231 e. The lowest BCUT2D eigenvalue weighted by molar-refractivity contribution is 0.497. The van der Waals surface area contributed by atoms with Crippen molar-refractivity contribution in [3.63, 3.8) is 0 Å². The van der Waals surface area contributed by atoms with Gasteiger partial charge in [-0.25, -0.2) is 18.0 Å². The molecular weight excluding hydrogens is 164 g/mol. The third-order valence-corrected chi connectivity index (χ3v) is 3.89. The predicted molar refractivity (Wildman–Crippen MR) is 42.6 cm³/mol. The van der Waals surface area contributed by atoms with Crippen LogP contribution in [0.4, 0.5) is 0 Å². The molecule has 1 fully saturated rings. The van der Waals surface area contributed by atoms with E-state index in [2.05, 4.69) is 5.32 Å². The normalized spacial score (nSPS) is 26.3. The van der Waals surface area contributed by atoms with E-state index in [1.165, 1.54) is 4.31 Å².